The first-order valence-corrected chi connectivity index (χ1v) is 10.2. The lowest BCUT2D eigenvalue weighted by Crippen LogP contribution is -2.40. The van der Waals surface area contributed by atoms with Gasteiger partial charge in [-0.2, -0.15) is 5.10 Å². The van der Waals surface area contributed by atoms with Crippen molar-refractivity contribution >= 4 is 18.2 Å². The Hall–Kier alpha value is -1.99. The van der Waals surface area contributed by atoms with Crippen molar-refractivity contribution in [2.24, 2.45) is 5.92 Å². The normalized spacial score (nSPS) is 20.6. The van der Waals surface area contributed by atoms with Crippen molar-refractivity contribution in [3.05, 3.63) is 40.9 Å². The highest BCUT2D eigenvalue weighted by atomic mass is 32.1. The summed E-state index contributed by atoms with van der Waals surface area (Å²) in [6.45, 7) is 4.57. The monoisotopic (exact) mass is 386 g/mol. The molecule has 1 atom stereocenters. The zero-order valence-corrected chi connectivity index (χ0v) is 16.5. The molecule has 27 heavy (non-hydrogen) atoms. The average Bonchev–Trinajstić information content (AvgIpc) is 3.48. The van der Waals surface area contributed by atoms with Crippen LogP contribution in [0.1, 0.15) is 44.3 Å². The molecule has 0 amide bonds. The molecular weight excluding hydrogens is 360 g/mol. The average molecular weight is 387 g/mol. The number of carbonyl (C=O) groups is 1. The van der Waals surface area contributed by atoms with Crippen molar-refractivity contribution in [1.29, 1.82) is 0 Å². The molecule has 144 valence electrons. The third-order valence-corrected chi connectivity index (χ3v) is 5.67. The van der Waals surface area contributed by atoms with E-state index in [4.69, 9.17) is 22.1 Å². The third kappa shape index (κ3) is 3.99. The molecule has 0 N–H and O–H groups in total. The van der Waals surface area contributed by atoms with Crippen LogP contribution in [0.4, 0.5) is 0 Å². The maximum atomic E-state index is 12.1. The maximum Gasteiger partial charge on any atom is 0.310 e. The number of hydrogen-bond acceptors (Lipinski definition) is 5. The number of carbonyl (C=O) groups excluding carboxylic acids is 1. The van der Waals surface area contributed by atoms with Gasteiger partial charge in [0.15, 0.2) is 0 Å². The summed E-state index contributed by atoms with van der Waals surface area (Å²) in [4.78, 5) is 14.4. The number of benzene rings is 1. The molecule has 0 unspecified atom stereocenters. The van der Waals surface area contributed by atoms with Gasteiger partial charge in [0.25, 0.3) is 0 Å². The minimum atomic E-state index is -0.0840. The summed E-state index contributed by atoms with van der Waals surface area (Å²) < 4.78 is 9.97. The van der Waals surface area contributed by atoms with Gasteiger partial charge in [-0.05, 0) is 63.5 Å². The zero-order valence-electron chi connectivity index (χ0n) is 15.7. The fourth-order valence-corrected chi connectivity index (χ4v) is 4.07. The number of ether oxygens (including phenoxy) is 1. The summed E-state index contributed by atoms with van der Waals surface area (Å²) in [7, 11) is 0. The fourth-order valence-electron chi connectivity index (χ4n) is 3.77. The van der Waals surface area contributed by atoms with Crippen LogP contribution in [0.3, 0.4) is 0 Å². The summed E-state index contributed by atoms with van der Waals surface area (Å²) in [5.41, 5.74) is 1.07. The minimum absolute atomic E-state index is 0.0491. The Morgan fingerprint density at radius 2 is 2.04 bits per heavy atom. The lowest BCUT2D eigenvalue weighted by atomic mass is 9.99. The molecule has 1 saturated heterocycles. The van der Waals surface area contributed by atoms with E-state index < -0.39 is 0 Å². The summed E-state index contributed by atoms with van der Waals surface area (Å²) in [5.74, 6) is 1.43. The second kappa shape index (κ2) is 7.94. The van der Waals surface area contributed by atoms with Crippen LogP contribution < -0.4 is 0 Å². The number of piperidine rings is 1. The van der Waals surface area contributed by atoms with E-state index in [1.165, 1.54) is 12.8 Å². The van der Waals surface area contributed by atoms with E-state index in [0.717, 1.165) is 35.7 Å². The molecule has 6 nitrogen and oxygen atoms in total. The molecule has 0 bridgehead atoms. The lowest BCUT2D eigenvalue weighted by Gasteiger charge is -2.31. The predicted molar refractivity (Wildman–Crippen MR) is 105 cm³/mol. The van der Waals surface area contributed by atoms with Crippen molar-refractivity contribution in [2.45, 2.75) is 45.2 Å². The molecule has 2 fully saturated rings. The summed E-state index contributed by atoms with van der Waals surface area (Å²) in [6.07, 6.45) is 4.23. The summed E-state index contributed by atoms with van der Waals surface area (Å²) in [6, 6.07) is 10.2. The number of likely N-dealkylation sites (tertiary alicyclic amines) is 1. The van der Waals surface area contributed by atoms with E-state index in [-0.39, 0.29) is 11.9 Å². The van der Waals surface area contributed by atoms with E-state index in [9.17, 15) is 4.79 Å². The number of esters is 1. The molecule has 1 aliphatic carbocycles. The van der Waals surface area contributed by atoms with E-state index in [0.29, 0.717) is 25.7 Å². The van der Waals surface area contributed by atoms with Gasteiger partial charge in [-0.3, -0.25) is 14.3 Å². The number of nitrogens with zero attached hydrogens (tertiary/aromatic N) is 4. The summed E-state index contributed by atoms with van der Waals surface area (Å²) in [5, 5.41) is 4.87. The van der Waals surface area contributed by atoms with Gasteiger partial charge in [0.2, 0.25) is 4.77 Å². The number of rotatable bonds is 6. The van der Waals surface area contributed by atoms with Gasteiger partial charge in [-0.25, -0.2) is 4.68 Å². The standard InChI is InChI=1S/C20H26N4O2S/c1-2-26-19(25)16-7-6-12-22(13-16)14-23-20(27)24(17-8-4-3-5-9-17)18(21-23)15-10-11-15/h3-5,8-9,15-16H,2,6-7,10-14H2,1H3/t16-/m1/s1. The Balaban J connectivity index is 1.56. The van der Waals surface area contributed by atoms with E-state index in [2.05, 4.69) is 21.6 Å². The minimum Gasteiger partial charge on any atom is -0.466 e. The number of hydrogen-bond donors (Lipinski definition) is 0. The fraction of sp³-hybridized carbons (Fsp3) is 0.550. The van der Waals surface area contributed by atoms with Gasteiger partial charge >= 0.3 is 5.97 Å². The second-order valence-electron chi connectivity index (χ2n) is 7.40. The predicted octanol–water partition coefficient (Wildman–Crippen LogP) is 3.51. The van der Waals surface area contributed by atoms with Crippen molar-refractivity contribution in [1.82, 2.24) is 19.2 Å². The van der Waals surface area contributed by atoms with Crippen molar-refractivity contribution in [2.75, 3.05) is 19.7 Å². The van der Waals surface area contributed by atoms with Crippen LogP contribution in [-0.4, -0.2) is 44.9 Å². The molecular formula is C20H26N4O2S. The quantitative estimate of drug-likeness (QED) is 0.562. The Bertz CT molecular complexity index is 857. The van der Waals surface area contributed by atoms with E-state index in [1.807, 2.05) is 29.8 Å². The molecule has 2 aromatic rings. The smallest absolute Gasteiger partial charge is 0.310 e. The van der Waals surface area contributed by atoms with Gasteiger partial charge in [-0.1, -0.05) is 18.2 Å². The molecule has 1 aromatic heterocycles. The largest absolute Gasteiger partial charge is 0.466 e. The number of para-hydroxylation sites is 1. The highest BCUT2D eigenvalue weighted by Gasteiger charge is 2.32. The molecule has 7 heteroatoms. The van der Waals surface area contributed by atoms with Crippen LogP contribution in [0.25, 0.3) is 5.69 Å². The first-order valence-electron chi connectivity index (χ1n) is 9.81. The molecule has 1 aromatic carbocycles. The van der Waals surface area contributed by atoms with Gasteiger partial charge < -0.3 is 4.74 Å². The topological polar surface area (TPSA) is 52.3 Å². The van der Waals surface area contributed by atoms with Crippen LogP contribution in [0.2, 0.25) is 0 Å². The zero-order chi connectivity index (χ0) is 18.8. The van der Waals surface area contributed by atoms with E-state index >= 15 is 0 Å². The van der Waals surface area contributed by atoms with Crippen LogP contribution in [0, 0.1) is 10.7 Å². The Morgan fingerprint density at radius 1 is 1.26 bits per heavy atom. The number of aromatic nitrogens is 3. The van der Waals surface area contributed by atoms with Crippen LogP contribution in [0.5, 0.6) is 0 Å². The molecule has 0 radical (unpaired) electrons. The van der Waals surface area contributed by atoms with Crippen LogP contribution >= 0.6 is 12.2 Å². The molecule has 0 spiro atoms. The molecule has 2 heterocycles. The second-order valence-corrected chi connectivity index (χ2v) is 7.76. The highest BCUT2D eigenvalue weighted by molar-refractivity contribution is 7.71. The third-order valence-electron chi connectivity index (χ3n) is 5.28. The first-order chi connectivity index (χ1) is 13.2. The van der Waals surface area contributed by atoms with Crippen LogP contribution in [0.15, 0.2) is 30.3 Å². The van der Waals surface area contributed by atoms with Gasteiger partial charge in [-0.15, -0.1) is 0 Å². The Labute approximate surface area is 164 Å². The molecule has 2 aliphatic rings. The van der Waals surface area contributed by atoms with Crippen molar-refractivity contribution in [3.8, 4) is 5.69 Å². The summed E-state index contributed by atoms with van der Waals surface area (Å²) >= 11 is 5.78. The molecule has 1 saturated carbocycles. The molecule has 1 aliphatic heterocycles. The van der Waals surface area contributed by atoms with Crippen molar-refractivity contribution in [3.63, 3.8) is 0 Å². The maximum absolute atomic E-state index is 12.1. The first kappa shape index (κ1) is 18.4. The van der Waals surface area contributed by atoms with Crippen LogP contribution in [-0.2, 0) is 16.2 Å². The SMILES string of the molecule is CCOC(=O)[C@@H]1CCCN(Cn2nc(C3CC3)n(-c3ccccc3)c2=S)C1. The van der Waals surface area contributed by atoms with Gasteiger partial charge in [0.1, 0.15) is 5.82 Å². The highest BCUT2D eigenvalue weighted by Crippen LogP contribution is 2.40. The Morgan fingerprint density at radius 3 is 2.74 bits per heavy atom. The van der Waals surface area contributed by atoms with E-state index in [1.54, 1.807) is 0 Å². The Kier molecular flexibility index (Phi) is 5.41. The van der Waals surface area contributed by atoms with Crippen molar-refractivity contribution < 1.29 is 9.53 Å². The van der Waals surface area contributed by atoms with Gasteiger partial charge in [0.05, 0.1) is 19.2 Å². The molecule has 4 rings (SSSR count). The van der Waals surface area contributed by atoms with Gasteiger partial charge in [0, 0.05) is 18.2 Å². The lowest BCUT2D eigenvalue weighted by molar-refractivity contribution is -0.150.